The fourth-order valence-corrected chi connectivity index (χ4v) is 3.06. The van der Waals surface area contributed by atoms with E-state index in [-0.39, 0.29) is 24.5 Å². The van der Waals surface area contributed by atoms with E-state index >= 15 is 0 Å². The predicted molar refractivity (Wildman–Crippen MR) is 97.8 cm³/mol. The van der Waals surface area contributed by atoms with Crippen molar-refractivity contribution >= 4 is 29.3 Å². The minimum absolute atomic E-state index is 0.0973. The molecular formula is C19H15ClFN3O4. The highest BCUT2D eigenvalue weighted by atomic mass is 35.5. The number of amides is 2. The van der Waals surface area contributed by atoms with Crippen LogP contribution >= 0.6 is 11.6 Å². The van der Waals surface area contributed by atoms with E-state index in [4.69, 9.17) is 21.6 Å². The number of carbonyl (C=O) groups is 2. The zero-order chi connectivity index (χ0) is 20.3. The van der Waals surface area contributed by atoms with Crippen LogP contribution in [0.4, 0.5) is 14.9 Å². The molecule has 0 saturated carbocycles. The number of nitriles is 1. The Bertz CT molecular complexity index is 940. The van der Waals surface area contributed by atoms with Crippen molar-refractivity contribution in [2.45, 2.75) is 18.8 Å². The van der Waals surface area contributed by atoms with E-state index in [2.05, 4.69) is 5.32 Å². The third-order valence-electron chi connectivity index (χ3n) is 4.18. The van der Waals surface area contributed by atoms with E-state index in [0.717, 1.165) is 6.07 Å². The van der Waals surface area contributed by atoms with Crippen LogP contribution in [-0.2, 0) is 16.1 Å². The van der Waals surface area contributed by atoms with Crippen molar-refractivity contribution in [1.29, 1.82) is 5.26 Å². The van der Waals surface area contributed by atoms with E-state index in [0.29, 0.717) is 16.8 Å². The molecule has 0 unspecified atom stereocenters. The molecule has 3 rings (SSSR count). The van der Waals surface area contributed by atoms with Gasteiger partial charge in [0.25, 0.3) is 11.7 Å². The fourth-order valence-electron chi connectivity index (χ4n) is 2.82. The van der Waals surface area contributed by atoms with Crippen LogP contribution in [0.2, 0.25) is 5.02 Å². The van der Waals surface area contributed by atoms with Gasteiger partial charge >= 0.3 is 6.09 Å². The van der Waals surface area contributed by atoms with Crippen LogP contribution in [0.25, 0.3) is 0 Å². The molecule has 2 aromatic rings. The number of hydrogen-bond donors (Lipinski definition) is 2. The SMILES string of the molecule is N#Cc1ccc(N2CC[C@@](O)(OC(=O)NCc3cc(F)cc(Cl)c3)C2=O)cc1. The number of anilines is 1. The van der Waals surface area contributed by atoms with Crippen LogP contribution in [0.3, 0.4) is 0 Å². The molecule has 2 amide bonds. The lowest BCUT2D eigenvalue weighted by molar-refractivity contribution is -0.175. The first-order valence-electron chi connectivity index (χ1n) is 8.27. The summed E-state index contributed by atoms with van der Waals surface area (Å²) >= 11 is 5.75. The topological polar surface area (TPSA) is 103 Å². The Morgan fingerprint density at radius 1 is 1.36 bits per heavy atom. The molecule has 0 radical (unpaired) electrons. The van der Waals surface area contributed by atoms with Crippen LogP contribution in [0.1, 0.15) is 17.5 Å². The van der Waals surface area contributed by atoms with Crippen molar-refractivity contribution in [3.63, 3.8) is 0 Å². The minimum Gasteiger partial charge on any atom is -0.407 e. The van der Waals surface area contributed by atoms with Crippen molar-refractivity contribution in [3.8, 4) is 6.07 Å². The highest BCUT2D eigenvalue weighted by molar-refractivity contribution is 6.30. The molecule has 1 aliphatic heterocycles. The molecule has 2 N–H and O–H groups in total. The third kappa shape index (κ3) is 4.22. The van der Waals surface area contributed by atoms with Gasteiger partial charge in [0.05, 0.1) is 11.6 Å². The number of benzene rings is 2. The lowest BCUT2D eigenvalue weighted by Crippen LogP contribution is -2.46. The molecular weight excluding hydrogens is 389 g/mol. The highest BCUT2D eigenvalue weighted by Gasteiger charge is 2.49. The Morgan fingerprint density at radius 3 is 2.71 bits per heavy atom. The van der Waals surface area contributed by atoms with E-state index in [9.17, 15) is 19.1 Å². The number of hydrogen-bond acceptors (Lipinski definition) is 5. The Labute approximate surface area is 164 Å². The first-order chi connectivity index (χ1) is 13.3. The molecule has 2 aromatic carbocycles. The van der Waals surface area contributed by atoms with Gasteiger partial charge in [-0.3, -0.25) is 4.79 Å². The summed E-state index contributed by atoms with van der Waals surface area (Å²) in [5.41, 5.74) is 1.29. The lowest BCUT2D eigenvalue weighted by Gasteiger charge is -2.22. The summed E-state index contributed by atoms with van der Waals surface area (Å²) in [5, 5.41) is 21.8. The van der Waals surface area contributed by atoms with E-state index in [1.165, 1.54) is 29.2 Å². The van der Waals surface area contributed by atoms with Gasteiger partial charge < -0.3 is 20.1 Å². The van der Waals surface area contributed by atoms with Crippen LogP contribution < -0.4 is 10.2 Å². The van der Waals surface area contributed by atoms with Gasteiger partial charge in [0.1, 0.15) is 5.82 Å². The number of carbonyl (C=O) groups excluding carboxylic acids is 2. The number of rotatable bonds is 4. The van der Waals surface area contributed by atoms with Gasteiger partial charge in [-0.15, -0.1) is 0 Å². The van der Waals surface area contributed by atoms with Gasteiger partial charge in [-0.2, -0.15) is 5.26 Å². The first kappa shape index (κ1) is 19.6. The second-order valence-electron chi connectivity index (χ2n) is 6.17. The summed E-state index contributed by atoms with van der Waals surface area (Å²) in [5.74, 6) is -3.65. The Kier molecular flexibility index (Phi) is 5.49. The van der Waals surface area contributed by atoms with Gasteiger partial charge in [0, 0.05) is 30.2 Å². The van der Waals surface area contributed by atoms with Gasteiger partial charge in [0.2, 0.25) is 0 Å². The normalized spacial score (nSPS) is 18.6. The maximum Gasteiger partial charge on any atom is 0.410 e. The molecule has 0 aromatic heterocycles. The summed E-state index contributed by atoms with van der Waals surface area (Å²) < 4.78 is 18.2. The van der Waals surface area contributed by atoms with Crippen LogP contribution in [-0.4, -0.2) is 29.4 Å². The van der Waals surface area contributed by atoms with Gasteiger partial charge in [0.15, 0.2) is 0 Å². The zero-order valence-corrected chi connectivity index (χ0v) is 15.2. The summed E-state index contributed by atoms with van der Waals surface area (Å²) in [6.45, 7) is 0.0357. The first-order valence-corrected chi connectivity index (χ1v) is 8.65. The summed E-state index contributed by atoms with van der Waals surface area (Å²) in [4.78, 5) is 25.8. The number of nitrogens with zero attached hydrogens (tertiary/aromatic N) is 2. The maximum atomic E-state index is 13.3. The van der Waals surface area contributed by atoms with Crippen molar-refractivity contribution in [2.24, 2.45) is 0 Å². The molecule has 28 heavy (non-hydrogen) atoms. The second-order valence-corrected chi connectivity index (χ2v) is 6.61. The van der Waals surface area contributed by atoms with Crippen molar-refractivity contribution in [2.75, 3.05) is 11.4 Å². The fraction of sp³-hybridized carbons (Fsp3) is 0.211. The Balaban J connectivity index is 1.62. The van der Waals surface area contributed by atoms with E-state index in [1.807, 2.05) is 6.07 Å². The molecule has 0 aliphatic carbocycles. The van der Waals surface area contributed by atoms with Crippen LogP contribution in [0.5, 0.6) is 0 Å². The summed E-state index contributed by atoms with van der Waals surface area (Å²) in [6.07, 6.45) is -1.15. The standard InChI is InChI=1S/C19H15ClFN3O4/c20-14-7-13(8-15(21)9-14)11-23-18(26)28-19(27)5-6-24(17(19)25)16-3-1-12(10-22)2-4-16/h1-4,7-9,27H,5-6,11H2,(H,23,26)/t19-/m1/s1. The maximum absolute atomic E-state index is 13.3. The Hall–Kier alpha value is -3.15. The molecule has 7 nitrogen and oxygen atoms in total. The predicted octanol–water partition coefficient (Wildman–Crippen LogP) is 2.70. The third-order valence-corrected chi connectivity index (χ3v) is 4.40. The smallest absolute Gasteiger partial charge is 0.407 e. The van der Waals surface area contributed by atoms with Crippen molar-refractivity contribution in [1.82, 2.24) is 5.32 Å². The summed E-state index contributed by atoms with van der Waals surface area (Å²) in [7, 11) is 0. The molecule has 0 bridgehead atoms. The number of ether oxygens (including phenoxy) is 1. The largest absolute Gasteiger partial charge is 0.410 e. The second kappa shape index (κ2) is 7.84. The van der Waals surface area contributed by atoms with E-state index < -0.39 is 23.6 Å². The highest BCUT2D eigenvalue weighted by Crippen LogP contribution is 2.29. The average Bonchev–Trinajstić information content (AvgIpc) is 2.94. The average molecular weight is 404 g/mol. The zero-order valence-electron chi connectivity index (χ0n) is 14.5. The van der Waals surface area contributed by atoms with Crippen LogP contribution in [0, 0.1) is 17.1 Å². The van der Waals surface area contributed by atoms with Gasteiger partial charge in [-0.25, -0.2) is 9.18 Å². The van der Waals surface area contributed by atoms with E-state index in [1.54, 1.807) is 12.1 Å². The molecule has 0 spiro atoms. The molecule has 1 fully saturated rings. The van der Waals surface area contributed by atoms with Crippen molar-refractivity contribution in [3.05, 3.63) is 64.4 Å². The molecule has 1 heterocycles. The summed E-state index contributed by atoms with van der Waals surface area (Å²) in [6, 6.07) is 12.0. The minimum atomic E-state index is -2.31. The quantitative estimate of drug-likeness (QED) is 0.764. The molecule has 9 heteroatoms. The molecule has 1 aliphatic rings. The molecule has 1 saturated heterocycles. The molecule has 144 valence electrons. The Morgan fingerprint density at radius 2 is 2.07 bits per heavy atom. The number of aliphatic hydroxyl groups is 1. The molecule has 1 atom stereocenters. The monoisotopic (exact) mass is 403 g/mol. The lowest BCUT2D eigenvalue weighted by atomic mass is 10.2. The van der Waals surface area contributed by atoms with Gasteiger partial charge in [-0.05, 0) is 48.0 Å². The van der Waals surface area contributed by atoms with Gasteiger partial charge in [-0.1, -0.05) is 11.6 Å². The number of nitrogens with one attached hydrogen (secondary N) is 1. The van der Waals surface area contributed by atoms with Crippen molar-refractivity contribution < 1.29 is 23.8 Å². The van der Waals surface area contributed by atoms with Crippen LogP contribution in [0.15, 0.2) is 42.5 Å². The number of alkyl carbamates (subject to hydrolysis) is 1. The number of halogens is 2.